The fraction of sp³-hybridized carbons (Fsp3) is 0.250. The lowest BCUT2D eigenvalue weighted by Gasteiger charge is -2.09. The predicted octanol–water partition coefficient (Wildman–Crippen LogP) is 2.76. The van der Waals surface area contributed by atoms with Gasteiger partial charge in [-0.2, -0.15) is 0 Å². The van der Waals surface area contributed by atoms with Crippen LogP contribution in [0.25, 0.3) is 0 Å². The molecule has 29 heavy (non-hydrogen) atoms. The number of aromatic nitrogens is 3. The Kier molecular flexibility index (Phi) is 6.73. The molecule has 0 amide bonds. The first kappa shape index (κ1) is 20.7. The van der Waals surface area contributed by atoms with Gasteiger partial charge in [-0.15, -0.1) is 10.2 Å². The van der Waals surface area contributed by atoms with Gasteiger partial charge >= 0.3 is 0 Å². The van der Waals surface area contributed by atoms with Gasteiger partial charge in [0, 0.05) is 19.3 Å². The number of aryl methyl sites for hydroxylation is 2. The Morgan fingerprint density at radius 1 is 0.862 bits per heavy atom. The van der Waals surface area contributed by atoms with Gasteiger partial charge in [0.05, 0.1) is 5.75 Å². The minimum Gasteiger partial charge on any atom is -0.367 e. The Morgan fingerprint density at radius 3 is 2.34 bits per heavy atom. The van der Waals surface area contributed by atoms with E-state index in [1.807, 2.05) is 50.2 Å². The molecule has 3 rings (SSSR count). The Morgan fingerprint density at radius 2 is 1.62 bits per heavy atom. The van der Waals surface area contributed by atoms with Crippen molar-refractivity contribution in [2.24, 2.45) is 0 Å². The molecule has 2 aromatic heterocycles. The van der Waals surface area contributed by atoms with Crippen LogP contribution in [0, 0.1) is 13.8 Å². The lowest BCUT2D eigenvalue weighted by Crippen LogP contribution is -2.30. The van der Waals surface area contributed by atoms with Gasteiger partial charge in [0.15, 0.2) is 5.82 Å². The molecule has 0 radical (unpaired) electrons. The van der Waals surface area contributed by atoms with Crippen molar-refractivity contribution in [3.05, 3.63) is 71.4 Å². The average molecular weight is 413 g/mol. The topological polar surface area (TPSA) is 109 Å². The van der Waals surface area contributed by atoms with Gasteiger partial charge < -0.3 is 10.6 Å². The van der Waals surface area contributed by atoms with E-state index in [1.54, 1.807) is 18.3 Å². The van der Waals surface area contributed by atoms with Gasteiger partial charge in [0.2, 0.25) is 10.0 Å². The molecule has 0 aliphatic carbocycles. The molecular formula is C20H24N6O2S. The second-order valence-corrected chi connectivity index (χ2v) is 8.52. The van der Waals surface area contributed by atoms with Crippen molar-refractivity contribution in [2.75, 3.05) is 23.7 Å². The van der Waals surface area contributed by atoms with E-state index in [4.69, 9.17) is 0 Å². The van der Waals surface area contributed by atoms with E-state index in [1.165, 1.54) is 0 Å². The summed E-state index contributed by atoms with van der Waals surface area (Å²) in [6.07, 6.45) is 1.72. The van der Waals surface area contributed by atoms with Crippen LogP contribution in [-0.4, -0.2) is 36.7 Å². The lowest BCUT2D eigenvalue weighted by atomic mass is 10.2. The maximum Gasteiger partial charge on any atom is 0.215 e. The van der Waals surface area contributed by atoms with Crippen LogP contribution in [0.2, 0.25) is 0 Å². The zero-order valence-corrected chi connectivity index (χ0v) is 17.2. The third-order valence-corrected chi connectivity index (χ3v) is 5.39. The Hall–Kier alpha value is -3.04. The number of nitrogens with zero attached hydrogens (tertiary/aromatic N) is 3. The number of sulfonamides is 1. The number of hydrogen-bond acceptors (Lipinski definition) is 7. The largest absolute Gasteiger partial charge is 0.367 e. The van der Waals surface area contributed by atoms with Gasteiger partial charge in [-0.25, -0.2) is 18.1 Å². The summed E-state index contributed by atoms with van der Waals surface area (Å²) >= 11 is 0. The van der Waals surface area contributed by atoms with E-state index >= 15 is 0 Å². The van der Waals surface area contributed by atoms with E-state index in [-0.39, 0.29) is 12.3 Å². The molecule has 0 spiro atoms. The minimum absolute atomic E-state index is 0.0398. The minimum atomic E-state index is -3.39. The van der Waals surface area contributed by atoms with Crippen molar-refractivity contribution >= 4 is 27.5 Å². The third kappa shape index (κ3) is 6.81. The first-order valence-electron chi connectivity index (χ1n) is 9.20. The summed E-state index contributed by atoms with van der Waals surface area (Å²) in [6.45, 7) is 4.57. The monoisotopic (exact) mass is 412 g/mol. The Balaban J connectivity index is 1.44. The summed E-state index contributed by atoms with van der Waals surface area (Å²) < 4.78 is 27.0. The molecule has 0 unspecified atom stereocenters. The predicted molar refractivity (Wildman–Crippen MR) is 115 cm³/mol. The second-order valence-electron chi connectivity index (χ2n) is 6.72. The van der Waals surface area contributed by atoms with Crippen LogP contribution in [0.3, 0.4) is 0 Å². The van der Waals surface area contributed by atoms with E-state index < -0.39 is 10.0 Å². The number of benzene rings is 1. The van der Waals surface area contributed by atoms with Crippen LogP contribution in [0.1, 0.15) is 16.7 Å². The Labute approximate surface area is 170 Å². The molecule has 8 nitrogen and oxygen atoms in total. The van der Waals surface area contributed by atoms with E-state index in [9.17, 15) is 8.42 Å². The summed E-state index contributed by atoms with van der Waals surface area (Å²) in [7, 11) is -3.39. The molecule has 0 saturated carbocycles. The number of anilines is 3. The van der Waals surface area contributed by atoms with Crippen molar-refractivity contribution < 1.29 is 8.42 Å². The summed E-state index contributed by atoms with van der Waals surface area (Å²) in [5.41, 5.74) is 2.90. The maximum absolute atomic E-state index is 12.2. The zero-order valence-electron chi connectivity index (χ0n) is 16.4. The highest BCUT2D eigenvalue weighted by molar-refractivity contribution is 7.88. The van der Waals surface area contributed by atoms with Crippen LogP contribution in [-0.2, 0) is 15.8 Å². The van der Waals surface area contributed by atoms with Crippen molar-refractivity contribution in [1.82, 2.24) is 19.9 Å². The van der Waals surface area contributed by atoms with Gasteiger partial charge in [0.1, 0.15) is 11.6 Å². The van der Waals surface area contributed by atoms with Crippen LogP contribution in [0.15, 0.2) is 54.7 Å². The maximum atomic E-state index is 12.2. The molecule has 0 atom stereocenters. The fourth-order valence-corrected chi connectivity index (χ4v) is 3.83. The lowest BCUT2D eigenvalue weighted by molar-refractivity contribution is 0.582. The van der Waals surface area contributed by atoms with Crippen LogP contribution in [0.5, 0.6) is 0 Å². The zero-order chi connectivity index (χ0) is 20.7. The number of pyridine rings is 1. The number of nitrogens with one attached hydrogen (secondary N) is 3. The van der Waals surface area contributed by atoms with E-state index in [0.717, 1.165) is 16.7 Å². The molecule has 3 N–H and O–H groups in total. The third-order valence-electron chi connectivity index (χ3n) is 4.03. The van der Waals surface area contributed by atoms with Crippen molar-refractivity contribution in [3.8, 4) is 0 Å². The molecule has 0 fully saturated rings. The average Bonchev–Trinajstić information content (AvgIpc) is 2.66. The molecule has 2 heterocycles. The summed E-state index contributed by atoms with van der Waals surface area (Å²) in [6, 6.07) is 14.8. The molecular weight excluding hydrogens is 388 g/mol. The van der Waals surface area contributed by atoms with Crippen molar-refractivity contribution in [1.29, 1.82) is 0 Å². The molecule has 0 bridgehead atoms. The Bertz CT molecular complexity index is 1050. The quantitative estimate of drug-likeness (QED) is 0.464. The highest BCUT2D eigenvalue weighted by Gasteiger charge is 2.11. The molecule has 152 valence electrons. The normalized spacial score (nSPS) is 11.2. The van der Waals surface area contributed by atoms with E-state index in [0.29, 0.717) is 24.0 Å². The highest BCUT2D eigenvalue weighted by atomic mass is 32.2. The van der Waals surface area contributed by atoms with Gasteiger partial charge in [-0.1, -0.05) is 29.8 Å². The molecule has 3 aromatic rings. The highest BCUT2D eigenvalue weighted by Crippen LogP contribution is 2.13. The second kappa shape index (κ2) is 9.44. The standard InChI is InChI=1S/C20H24N6O2S/c1-15-4-3-5-17(12-15)14-29(27,28)23-11-10-22-18-6-7-19(26-25-18)24-20-13-16(2)8-9-21-20/h3-9,12-13,23H,10-11,14H2,1-2H3,(H,22,25)(H,21,24,26). The molecule has 1 aromatic carbocycles. The molecule has 9 heteroatoms. The summed E-state index contributed by atoms with van der Waals surface area (Å²) in [5, 5.41) is 14.3. The first-order chi connectivity index (χ1) is 13.9. The van der Waals surface area contributed by atoms with Crippen molar-refractivity contribution in [2.45, 2.75) is 19.6 Å². The smallest absolute Gasteiger partial charge is 0.215 e. The van der Waals surface area contributed by atoms with Gasteiger partial charge in [-0.3, -0.25) is 0 Å². The van der Waals surface area contributed by atoms with Crippen molar-refractivity contribution in [3.63, 3.8) is 0 Å². The van der Waals surface area contributed by atoms with Crippen LogP contribution < -0.4 is 15.4 Å². The molecule has 0 aliphatic heterocycles. The summed E-state index contributed by atoms with van der Waals surface area (Å²) in [5.74, 6) is 1.79. The van der Waals surface area contributed by atoms with Gasteiger partial charge in [0.25, 0.3) is 0 Å². The SMILES string of the molecule is Cc1cccc(CS(=O)(=O)NCCNc2ccc(Nc3cc(C)ccn3)nn2)c1. The summed E-state index contributed by atoms with van der Waals surface area (Å²) in [4.78, 5) is 4.22. The first-order valence-corrected chi connectivity index (χ1v) is 10.8. The fourth-order valence-electron chi connectivity index (χ4n) is 2.70. The number of rotatable bonds is 9. The van der Waals surface area contributed by atoms with Gasteiger partial charge in [-0.05, 0) is 49.2 Å². The van der Waals surface area contributed by atoms with Crippen LogP contribution in [0.4, 0.5) is 17.5 Å². The number of hydrogen-bond donors (Lipinski definition) is 3. The molecule has 0 aliphatic rings. The van der Waals surface area contributed by atoms with Crippen LogP contribution >= 0.6 is 0 Å². The van der Waals surface area contributed by atoms with E-state index in [2.05, 4.69) is 30.5 Å². The molecule has 0 saturated heterocycles.